The zero-order valence-corrected chi connectivity index (χ0v) is 11.3. The lowest BCUT2D eigenvalue weighted by molar-refractivity contribution is 0.617. The van der Waals surface area contributed by atoms with E-state index in [1.807, 2.05) is 32.0 Å². The lowest BCUT2D eigenvalue weighted by Crippen LogP contribution is -2.08. The van der Waals surface area contributed by atoms with Gasteiger partial charge < -0.3 is 10.3 Å². The summed E-state index contributed by atoms with van der Waals surface area (Å²) in [5.74, 6) is 0.570. The molecule has 0 saturated heterocycles. The number of pyridine rings is 1. The number of hydrogen-bond donors (Lipinski definition) is 2. The van der Waals surface area contributed by atoms with E-state index in [1.165, 1.54) is 12.3 Å². The van der Waals surface area contributed by atoms with Crippen molar-refractivity contribution in [1.82, 2.24) is 15.0 Å². The fraction of sp³-hybridized carbons (Fsp3) is 0.200. The van der Waals surface area contributed by atoms with Gasteiger partial charge in [-0.05, 0) is 44.2 Å². The average molecular weight is 270 g/mol. The normalized spacial score (nSPS) is 12.6. The van der Waals surface area contributed by atoms with Gasteiger partial charge in [0.1, 0.15) is 11.6 Å². The Labute approximate surface area is 116 Å². The number of fused-ring (bicyclic) bond motifs is 1. The molecule has 3 aromatic rings. The molecule has 1 unspecified atom stereocenters. The van der Waals surface area contributed by atoms with Crippen LogP contribution in [-0.2, 0) is 0 Å². The molecule has 0 saturated carbocycles. The summed E-state index contributed by atoms with van der Waals surface area (Å²) >= 11 is 0. The first kappa shape index (κ1) is 12.6. The van der Waals surface area contributed by atoms with Crippen LogP contribution in [0.3, 0.4) is 0 Å². The van der Waals surface area contributed by atoms with E-state index in [1.54, 1.807) is 6.07 Å². The van der Waals surface area contributed by atoms with E-state index >= 15 is 0 Å². The minimum atomic E-state index is -0.324. The van der Waals surface area contributed by atoms with Gasteiger partial charge >= 0.3 is 0 Å². The van der Waals surface area contributed by atoms with Crippen LogP contribution in [-0.4, -0.2) is 15.0 Å². The van der Waals surface area contributed by atoms with E-state index in [-0.39, 0.29) is 11.9 Å². The number of aryl methyl sites for hydroxylation is 1. The Morgan fingerprint density at radius 1 is 1.25 bits per heavy atom. The van der Waals surface area contributed by atoms with Crippen LogP contribution in [0.5, 0.6) is 0 Å². The molecular formula is C15H15FN4. The van der Waals surface area contributed by atoms with Gasteiger partial charge in [0.2, 0.25) is 0 Å². The number of rotatable bonds is 3. The highest BCUT2D eigenvalue weighted by atomic mass is 19.1. The van der Waals surface area contributed by atoms with Gasteiger partial charge in [0, 0.05) is 5.69 Å². The van der Waals surface area contributed by atoms with Gasteiger partial charge in [0.05, 0.1) is 29.0 Å². The number of H-pyrrole nitrogens is 1. The Kier molecular flexibility index (Phi) is 3.10. The third-order valence-electron chi connectivity index (χ3n) is 3.18. The van der Waals surface area contributed by atoms with Gasteiger partial charge in [-0.1, -0.05) is 0 Å². The largest absolute Gasteiger partial charge is 0.377 e. The molecule has 4 nitrogen and oxygen atoms in total. The van der Waals surface area contributed by atoms with Gasteiger partial charge in [-0.25, -0.2) is 9.37 Å². The Balaban J connectivity index is 1.82. The monoisotopic (exact) mass is 270 g/mol. The maximum Gasteiger partial charge on any atom is 0.141 e. The molecule has 2 N–H and O–H groups in total. The smallest absolute Gasteiger partial charge is 0.141 e. The Hall–Kier alpha value is -2.43. The van der Waals surface area contributed by atoms with Crippen LogP contribution in [0.2, 0.25) is 0 Å². The predicted molar refractivity (Wildman–Crippen MR) is 77.1 cm³/mol. The SMILES string of the molecule is Cc1nc2ccc(NC(C)c3ccc(F)cn3)cc2[nH]1. The van der Waals surface area contributed by atoms with E-state index in [2.05, 4.69) is 20.3 Å². The standard InChI is InChI=1S/C15H15FN4/c1-9(13-5-3-11(16)8-17-13)18-12-4-6-14-15(7-12)20-10(2)19-14/h3-9,18H,1-2H3,(H,19,20). The molecule has 0 aliphatic rings. The lowest BCUT2D eigenvalue weighted by atomic mass is 10.2. The maximum atomic E-state index is 12.9. The van der Waals surface area contributed by atoms with Crippen LogP contribution in [0.1, 0.15) is 24.5 Å². The van der Waals surface area contributed by atoms with Crippen LogP contribution in [0.25, 0.3) is 11.0 Å². The lowest BCUT2D eigenvalue weighted by Gasteiger charge is -2.14. The molecule has 0 fully saturated rings. The zero-order chi connectivity index (χ0) is 14.1. The maximum absolute atomic E-state index is 12.9. The first-order chi connectivity index (χ1) is 9.61. The molecule has 0 bridgehead atoms. The van der Waals surface area contributed by atoms with Crippen LogP contribution >= 0.6 is 0 Å². The molecule has 2 heterocycles. The molecule has 2 aromatic heterocycles. The first-order valence-corrected chi connectivity index (χ1v) is 6.46. The van der Waals surface area contributed by atoms with E-state index in [9.17, 15) is 4.39 Å². The number of nitrogens with zero attached hydrogens (tertiary/aromatic N) is 2. The third kappa shape index (κ3) is 2.47. The molecule has 1 atom stereocenters. The first-order valence-electron chi connectivity index (χ1n) is 6.46. The van der Waals surface area contributed by atoms with Crippen molar-refractivity contribution >= 4 is 16.7 Å². The highest BCUT2D eigenvalue weighted by molar-refractivity contribution is 5.79. The van der Waals surface area contributed by atoms with Crippen molar-refractivity contribution in [2.75, 3.05) is 5.32 Å². The molecule has 1 aromatic carbocycles. The van der Waals surface area contributed by atoms with E-state index < -0.39 is 0 Å². The molecule has 3 rings (SSSR count). The number of benzene rings is 1. The molecule has 0 amide bonds. The van der Waals surface area contributed by atoms with E-state index in [4.69, 9.17) is 0 Å². The summed E-state index contributed by atoms with van der Waals surface area (Å²) in [6.45, 7) is 3.92. The Bertz CT molecular complexity index is 733. The minimum absolute atomic E-state index is 0.00271. The summed E-state index contributed by atoms with van der Waals surface area (Å²) in [5, 5.41) is 3.35. The number of aromatic amines is 1. The number of imidazole rings is 1. The van der Waals surface area contributed by atoms with Crippen molar-refractivity contribution in [3.63, 3.8) is 0 Å². The van der Waals surface area contributed by atoms with Crippen molar-refractivity contribution in [2.24, 2.45) is 0 Å². The van der Waals surface area contributed by atoms with Crippen molar-refractivity contribution in [3.05, 3.63) is 53.9 Å². The third-order valence-corrected chi connectivity index (χ3v) is 3.18. The van der Waals surface area contributed by atoms with Crippen molar-refractivity contribution in [2.45, 2.75) is 19.9 Å². The summed E-state index contributed by atoms with van der Waals surface area (Å²) in [6, 6.07) is 9.05. The number of halogens is 1. The average Bonchev–Trinajstić information content (AvgIpc) is 2.78. The number of hydrogen-bond acceptors (Lipinski definition) is 3. The quantitative estimate of drug-likeness (QED) is 0.765. The van der Waals surface area contributed by atoms with Crippen LogP contribution < -0.4 is 5.32 Å². The molecule has 0 radical (unpaired) electrons. The van der Waals surface area contributed by atoms with Gasteiger partial charge in [0.15, 0.2) is 0 Å². The second-order valence-electron chi connectivity index (χ2n) is 4.82. The molecular weight excluding hydrogens is 255 g/mol. The summed E-state index contributed by atoms with van der Waals surface area (Å²) in [6.07, 6.45) is 1.23. The molecule has 5 heteroatoms. The fourth-order valence-electron chi connectivity index (χ4n) is 2.19. The van der Waals surface area contributed by atoms with Crippen LogP contribution in [0, 0.1) is 12.7 Å². The van der Waals surface area contributed by atoms with E-state index in [0.29, 0.717) is 0 Å². The molecule has 0 spiro atoms. The number of aromatic nitrogens is 3. The highest BCUT2D eigenvalue weighted by Crippen LogP contribution is 2.21. The number of nitrogens with one attached hydrogen (secondary N) is 2. The molecule has 20 heavy (non-hydrogen) atoms. The summed E-state index contributed by atoms with van der Waals surface area (Å²) in [5.41, 5.74) is 3.71. The van der Waals surface area contributed by atoms with Gasteiger partial charge in [-0.3, -0.25) is 4.98 Å². The van der Waals surface area contributed by atoms with Gasteiger partial charge in [0.25, 0.3) is 0 Å². The second kappa shape index (κ2) is 4.92. The predicted octanol–water partition coefficient (Wildman–Crippen LogP) is 3.58. The van der Waals surface area contributed by atoms with Crippen LogP contribution in [0.15, 0.2) is 36.5 Å². The van der Waals surface area contributed by atoms with Crippen LogP contribution in [0.4, 0.5) is 10.1 Å². The molecule has 102 valence electrons. The van der Waals surface area contributed by atoms with Crippen molar-refractivity contribution < 1.29 is 4.39 Å². The fourth-order valence-corrected chi connectivity index (χ4v) is 2.19. The highest BCUT2D eigenvalue weighted by Gasteiger charge is 2.08. The minimum Gasteiger partial charge on any atom is -0.377 e. The summed E-state index contributed by atoms with van der Waals surface area (Å²) in [7, 11) is 0. The zero-order valence-electron chi connectivity index (χ0n) is 11.3. The van der Waals surface area contributed by atoms with Crippen molar-refractivity contribution in [3.8, 4) is 0 Å². The van der Waals surface area contributed by atoms with Gasteiger partial charge in [-0.15, -0.1) is 0 Å². The van der Waals surface area contributed by atoms with E-state index in [0.717, 1.165) is 28.2 Å². The Morgan fingerprint density at radius 2 is 2.10 bits per heavy atom. The summed E-state index contributed by atoms with van der Waals surface area (Å²) in [4.78, 5) is 11.7. The topological polar surface area (TPSA) is 53.6 Å². The van der Waals surface area contributed by atoms with Crippen molar-refractivity contribution in [1.29, 1.82) is 0 Å². The number of anilines is 1. The summed E-state index contributed by atoms with van der Waals surface area (Å²) < 4.78 is 12.9. The molecule has 0 aliphatic carbocycles. The van der Waals surface area contributed by atoms with Gasteiger partial charge in [-0.2, -0.15) is 0 Å². The Morgan fingerprint density at radius 3 is 2.85 bits per heavy atom. The second-order valence-corrected chi connectivity index (χ2v) is 4.82. The molecule has 0 aliphatic heterocycles.